The highest BCUT2D eigenvalue weighted by atomic mass is 16.6. The molecule has 21 heavy (non-hydrogen) atoms. The Morgan fingerprint density at radius 2 is 1.81 bits per heavy atom. The Morgan fingerprint density at radius 3 is 2.33 bits per heavy atom. The summed E-state index contributed by atoms with van der Waals surface area (Å²) in [5, 5.41) is 10.4. The van der Waals surface area contributed by atoms with E-state index in [0.29, 0.717) is 12.3 Å². The fourth-order valence-electron chi connectivity index (χ4n) is 2.53. The first-order valence-electron chi connectivity index (χ1n) is 8.18. The predicted molar refractivity (Wildman–Crippen MR) is 83.7 cm³/mol. The maximum atomic E-state index is 12.1. The second kappa shape index (κ2) is 8.11. The van der Waals surface area contributed by atoms with Crippen LogP contribution in [0.4, 0.5) is 0 Å². The minimum absolute atomic E-state index is 0.158. The van der Waals surface area contributed by atoms with E-state index in [0.717, 1.165) is 6.54 Å². The number of carbonyl (C=O) groups excluding carboxylic acids is 1. The van der Waals surface area contributed by atoms with Crippen LogP contribution in [0, 0.1) is 5.92 Å². The molecule has 0 aromatic carbocycles. The normalized spacial score (nSPS) is 20.0. The Labute approximate surface area is 128 Å². The number of esters is 1. The van der Waals surface area contributed by atoms with Gasteiger partial charge in [0.15, 0.2) is 5.60 Å². The lowest BCUT2D eigenvalue weighted by molar-refractivity contribution is -0.177. The summed E-state index contributed by atoms with van der Waals surface area (Å²) in [6.45, 7) is 8.23. The van der Waals surface area contributed by atoms with E-state index in [-0.39, 0.29) is 6.54 Å². The largest absolute Gasteiger partial charge is 0.458 e. The van der Waals surface area contributed by atoms with Gasteiger partial charge in [-0.15, -0.1) is 0 Å². The van der Waals surface area contributed by atoms with Crippen LogP contribution in [0.25, 0.3) is 0 Å². The van der Waals surface area contributed by atoms with E-state index in [9.17, 15) is 9.90 Å². The molecule has 0 aliphatic heterocycles. The average Bonchev–Trinajstić information content (AvgIpc) is 2.42. The molecule has 1 rings (SSSR count). The van der Waals surface area contributed by atoms with Crippen LogP contribution in [0.5, 0.6) is 0 Å². The molecule has 1 saturated carbocycles. The zero-order valence-corrected chi connectivity index (χ0v) is 14.0. The van der Waals surface area contributed by atoms with Gasteiger partial charge in [-0.1, -0.05) is 26.2 Å². The van der Waals surface area contributed by atoms with Gasteiger partial charge >= 0.3 is 5.97 Å². The molecular formula is C16H32N2O3. The van der Waals surface area contributed by atoms with E-state index < -0.39 is 17.2 Å². The Bertz CT molecular complexity index is 322. The molecule has 5 nitrogen and oxygen atoms in total. The van der Waals surface area contributed by atoms with Gasteiger partial charge in [0, 0.05) is 13.1 Å². The van der Waals surface area contributed by atoms with Gasteiger partial charge in [-0.2, -0.15) is 0 Å². The smallest absolute Gasteiger partial charge is 0.340 e. The SMILES string of the molecule is CC[C@@](O)(CNNCC1CCCCC1)C(=O)OC(C)(C)C. The molecule has 5 heteroatoms. The molecule has 0 radical (unpaired) electrons. The molecule has 0 heterocycles. The third-order valence-corrected chi connectivity index (χ3v) is 3.99. The summed E-state index contributed by atoms with van der Waals surface area (Å²) >= 11 is 0. The summed E-state index contributed by atoms with van der Waals surface area (Å²) in [6.07, 6.45) is 6.81. The summed E-state index contributed by atoms with van der Waals surface area (Å²) in [7, 11) is 0. The van der Waals surface area contributed by atoms with Crippen molar-refractivity contribution in [3.05, 3.63) is 0 Å². The van der Waals surface area contributed by atoms with E-state index in [1.54, 1.807) is 27.7 Å². The van der Waals surface area contributed by atoms with Crippen LogP contribution >= 0.6 is 0 Å². The molecule has 0 aromatic rings. The van der Waals surface area contributed by atoms with Gasteiger partial charge in [-0.25, -0.2) is 4.79 Å². The lowest BCUT2D eigenvalue weighted by atomic mass is 9.89. The standard InChI is InChI=1S/C16H32N2O3/c1-5-16(20,14(19)21-15(2,3)4)12-18-17-11-13-9-7-6-8-10-13/h13,17-18,20H,5-12H2,1-4H3/t16-/m1/s1. The van der Waals surface area contributed by atoms with Gasteiger partial charge in [0.05, 0.1) is 0 Å². The lowest BCUT2D eigenvalue weighted by Gasteiger charge is -2.30. The van der Waals surface area contributed by atoms with Crippen LogP contribution in [-0.2, 0) is 9.53 Å². The highest BCUT2D eigenvalue weighted by Gasteiger charge is 2.37. The first-order chi connectivity index (χ1) is 9.77. The molecule has 1 fully saturated rings. The van der Waals surface area contributed by atoms with Gasteiger partial charge in [-0.05, 0) is 46.0 Å². The van der Waals surface area contributed by atoms with Gasteiger partial charge in [-0.3, -0.25) is 10.9 Å². The van der Waals surface area contributed by atoms with Crippen molar-refractivity contribution in [2.24, 2.45) is 5.92 Å². The third-order valence-electron chi connectivity index (χ3n) is 3.99. The van der Waals surface area contributed by atoms with E-state index in [2.05, 4.69) is 10.9 Å². The van der Waals surface area contributed by atoms with Crippen molar-refractivity contribution in [2.45, 2.75) is 77.4 Å². The van der Waals surface area contributed by atoms with E-state index >= 15 is 0 Å². The number of ether oxygens (including phenoxy) is 1. The topological polar surface area (TPSA) is 70.6 Å². The molecule has 3 N–H and O–H groups in total. The highest BCUT2D eigenvalue weighted by molar-refractivity contribution is 5.79. The van der Waals surface area contributed by atoms with Crippen LogP contribution in [0.2, 0.25) is 0 Å². The zero-order valence-electron chi connectivity index (χ0n) is 14.0. The Morgan fingerprint density at radius 1 is 1.19 bits per heavy atom. The molecule has 124 valence electrons. The van der Waals surface area contributed by atoms with Crippen molar-refractivity contribution in [3.8, 4) is 0 Å². The molecule has 1 atom stereocenters. The quantitative estimate of drug-likeness (QED) is 0.382. The minimum Gasteiger partial charge on any atom is -0.458 e. The first-order valence-corrected chi connectivity index (χ1v) is 8.18. The Balaban J connectivity index is 2.33. The molecule has 0 aromatic heterocycles. The summed E-state index contributed by atoms with van der Waals surface area (Å²) < 4.78 is 5.28. The van der Waals surface area contributed by atoms with Gasteiger partial charge in [0.1, 0.15) is 5.60 Å². The molecule has 0 bridgehead atoms. The van der Waals surface area contributed by atoms with Gasteiger partial charge < -0.3 is 9.84 Å². The van der Waals surface area contributed by atoms with Crippen molar-refractivity contribution in [3.63, 3.8) is 0 Å². The minimum atomic E-state index is -1.48. The number of hydrogen-bond donors (Lipinski definition) is 3. The van der Waals surface area contributed by atoms with Crippen molar-refractivity contribution >= 4 is 5.97 Å². The van der Waals surface area contributed by atoms with Gasteiger partial charge in [0.25, 0.3) is 0 Å². The zero-order chi connectivity index (χ0) is 15.9. The van der Waals surface area contributed by atoms with Crippen molar-refractivity contribution in [2.75, 3.05) is 13.1 Å². The monoisotopic (exact) mass is 300 g/mol. The van der Waals surface area contributed by atoms with Crippen LogP contribution < -0.4 is 10.9 Å². The number of hydrogen-bond acceptors (Lipinski definition) is 5. The van der Waals surface area contributed by atoms with Crippen molar-refractivity contribution in [1.29, 1.82) is 0 Å². The van der Waals surface area contributed by atoms with E-state index in [1.165, 1.54) is 32.1 Å². The molecule has 0 saturated heterocycles. The van der Waals surface area contributed by atoms with Crippen LogP contribution in [0.15, 0.2) is 0 Å². The summed E-state index contributed by atoms with van der Waals surface area (Å²) in [5.74, 6) is 0.131. The number of aliphatic hydroxyl groups is 1. The molecule has 0 spiro atoms. The van der Waals surface area contributed by atoms with Crippen LogP contribution in [0.1, 0.15) is 66.2 Å². The van der Waals surface area contributed by atoms with E-state index in [4.69, 9.17) is 4.74 Å². The van der Waals surface area contributed by atoms with E-state index in [1.807, 2.05) is 0 Å². The first kappa shape index (κ1) is 18.4. The Kier molecular flexibility index (Phi) is 7.10. The van der Waals surface area contributed by atoms with Crippen molar-refractivity contribution in [1.82, 2.24) is 10.9 Å². The second-order valence-electron chi connectivity index (χ2n) is 7.13. The highest BCUT2D eigenvalue weighted by Crippen LogP contribution is 2.22. The van der Waals surface area contributed by atoms with Crippen LogP contribution in [0.3, 0.4) is 0 Å². The van der Waals surface area contributed by atoms with Crippen molar-refractivity contribution < 1.29 is 14.6 Å². The maximum Gasteiger partial charge on any atom is 0.340 e. The fourth-order valence-corrected chi connectivity index (χ4v) is 2.53. The molecule has 1 aliphatic carbocycles. The van der Waals surface area contributed by atoms with Crippen LogP contribution in [-0.4, -0.2) is 35.4 Å². The summed E-state index contributed by atoms with van der Waals surface area (Å²) in [6, 6.07) is 0. The second-order valence-corrected chi connectivity index (χ2v) is 7.13. The number of carbonyl (C=O) groups is 1. The summed E-state index contributed by atoms with van der Waals surface area (Å²) in [5.41, 5.74) is 4.07. The third kappa shape index (κ3) is 6.76. The average molecular weight is 300 g/mol. The molecule has 0 unspecified atom stereocenters. The molecule has 1 aliphatic rings. The fraction of sp³-hybridized carbons (Fsp3) is 0.938. The molecule has 0 amide bonds. The molecular weight excluding hydrogens is 268 g/mol. The summed E-state index contributed by atoms with van der Waals surface area (Å²) in [4.78, 5) is 12.1. The number of nitrogens with one attached hydrogen (secondary N) is 2. The lowest BCUT2D eigenvalue weighted by Crippen LogP contribution is -2.53. The van der Waals surface area contributed by atoms with Gasteiger partial charge in [0.2, 0.25) is 0 Å². The number of hydrazine groups is 1. The predicted octanol–water partition coefficient (Wildman–Crippen LogP) is 2.14. The Hall–Kier alpha value is -0.650. The maximum absolute atomic E-state index is 12.1. The number of rotatable bonds is 7.